The first-order valence-corrected chi connectivity index (χ1v) is 10.4. The van der Waals surface area contributed by atoms with Crippen molar-refractivity contribution in [2.45, 2.75) is 26.3 Å². The molecule has 0 radical (unpaired) electrons. The number of amides is 1. The molecule has 0 saturated carbocycles. The maximum atomic E-state index is 12.9. The van der Waals surface area contributed by atoms with Gasteiger partial charge in [-0.05, 0) is 49.6 Å². The van der Waals surface area contributed by atoms with E-state index in [1.807, 2.05) is 31.2 Å². The highest BCUT2D eigenvalue weighted by Crippen LogP contribution is 2.37. The third-order valence-corrected chi connectivity index (χ3v) is 6.15. The molecule has 1 aliphatic heterocycles. The first kappa shape index (κ1) is 21.5. The Balaban J connectivity index is 1.67. The number of methoxy groups -OCH3 is 1. The highest BCUT2D eigenvalue weighted by atomic mass is 16.5. The number of rotatable bonds is 6. The van der Waals surface area contributed by atoms with Crippen molar-refractivity contribution in [3.63, 3.8) is 0 Å². The maximum Gasteiger partial charge on any atom is 0.337 e. The summed E-state index contributed by atoms with van der Waals surface area (Å²) >= 11 is 0. The standard InChI is InChI=1S/C25H24N2O5/c1-14-18(19-6-4-5-7-20(19)26-14)12-13-27-22(21(15(2)28)23(29)24(27)30)16-8-10-17(11-9-16)25(31)32-3/h4-11,21-22,26H,12-13H2,1-3H3. The Labute approximate surface area is 185 Å². The van der Waals surface area contributed by atoms with Crippen LogP contribution in [0.25, 0.3) is 10.9 Å². The molecule has 2 aromatic carbocycles. The van der Waals surface area contributed by atoms with Gasteiger partial charge >= 0.3 is 5.97 Å². The van der Waals surface area contributed by atoms with Crippen LogP contribution in [0, 0.1) is 12.8 Å². The third kappa shape index (κ3) is 3.60. The molecule has 2 heterocycles. The molecule has 4 rings (SSSR count). The molecule has 0 bridgehead atoms. The number of benzene rings is 2. The minimum atomic E-state index is -1.06. The predicted molar refractivity (Wildman–Crippen MR) is 118 cm³/mol. The van der Waals surface area contributed by atoms with Crippen LogP contribution >= 0.6 is 0 Å². The van der Waals surface area contributed by atoms with E-state index in [2.05, 4.69) is 4.98 Å². The van der Waals surface area contributed by atoms with Crippen LogP contribution in [0.4, 0.5) is 0 Å². The number of aromatic amines is 1. The molecule has 7 heteroatoms. The summed E-state index contributed by atoms with van der Waals surface area (Å²) in [6.07, 6.45) is 0.538. The lowest BCUT2D eigenvalue weighted by Gasteiger charge is -2.27. The molecule has 7 nitrogen and oxygen atoms in total. The molecule has 1 N–H and O–H groups in total. The number of aryl methyl sites for hydroxylation is 1. The zero-order chi connectivity index (χ0) is 23.0. The van der Waals surface area contributed by atoms with E-state index in [1.165, 1.54) is 18.9 Å². The quantitative estimate of drug-likeness (QED) is 0.367. The van der Waals surface area contributed by atoms with Crippen LogP contribution in [0.3, 0.4) is 0 Å². The van der Waals surface area contributed by atoms with E-state index in [4.69, 9.17) is 4.74 Å². The van der Waals surface area contributed by atoms with Gasteiger partial charge in [-0.1, -0.05) is 30.3 Å². The third-order valence-electron chi connectivity index (χ3n) is 6.15. The lowest BCUT2D eigenvalue weighted by atomic mass is 9.89. The Morgan fingerprint density at radius 2 is 1.75 bits per heavy atom. The van der Waals surface area contributed by atoms with E-state index in [-0.39, 0.29) is 5.78 Å². The molecule has 2 unspecified atom stereocenters. The number of esters is 1. The fraction of sp³-hybridized carbons (Fsp3) is 0.280. The molecule has 1 amide bonds. The summed E-state index contributed by atoms with van der Waals surface area (Å²) in [6.45, 7) is 3.60. The highest BCUT2D eigenvalue weighted by Gasteiger charge is 2.50. The molecule has 1 aromatic heterocycles. The molecule has 0 spiro atoms. The SMILES string of the molecule is COC(=O)c1ccc(C2C(C(C)=O)C(=O)C(=O)N2CCc2c(C)[nH]c3ccccc23)cc1. The molecule has 164 valence electrons. The zero-order valence-electron chi connectivity index (χ0n) is 18.2. The topological polar surface area (TPSA) is 96.5 Å². The van der Waals surface area contributed by atoms with Crippen LogP contribution in [-0.4, -0.2) is 47.0 Å². The van der Waals surface area contributed by atoms with Gasteiger partial charge in [0.15, 0.2) is 0 Å². The lowest BCUT2D eigenvalue weighted by molar-refractivity contribution is -0.142. The number of carbonyl (C=O) groups is 4. The second-order valence-electron chi connectivity index (χ2n) is 8.03. The maximum absolute atomic E-state index is 12.9. The number of carbonyl (C=O) groups excluding carboxylic acids is 4. The van der Waals surface area contributed by atoms with Crippen LogP contribution in [0.2, 0.25) is 0 Å². The van der Waals surface area contributed by atoms with E-state index >= 15 is 0 Å². The summed E-state index contributed by atoms with van der Waals surface area (Å²) in [5.41, 5.74) is 4.08. The smallest absolute Gasteiger partial charge is 0.337 e. The molecule has 1 fully saturated rings. The van der Waals surface area contributed by atoms with E-state index in [0.717, 1.165) is 22.2 Å². The Kier molecular flexibility index (Phi) is 5.65. The van der Waals surface area contributed by atoms with Gasteiger partial charge in [-0.25, -0.2) is 4.79 Å². The van der Waals surface area contributed by atoms with E-state index in [9.17, 15) is 19.2 Å². The van der Waals surface area contributed by atoms with Gasteiger partial charge in [0, 0.05) is 23.1 Å². The Hall–Kier alpha value is -3.74. The number of H-pyrrole nitrogens is 1. The molecular formula is C25H24N2O5. The Bertz CT molecular complexity index is 1220. The van der Waals surface area contributed by atoms with E-state index in [1.54, 1.807) is 24.3 Å². The molecular weight excluding hydrogens is 408 g/mol. The number of hydrogen-bond acceptors (Lipinski definition) is 5. The van der Waals surface area contributed by atoms with Crippen molar-refractivity contribution in [2.24, 2.45) is 5.92 Å². The van der Waals surface area contributed by atoms with Gasteiger partial charge in [0.05, 0.1) is 18.7 Å². The molecule has 32 heavy (non-hydrogen) atoms. The summed E-state index contributed by atoms with van der Waals surface area (Å²) in [6, 6.07) is 13.7. The van der Waals surface area contributed by atoms with Crippen LogP contribution in [0.15, 0.2) is 48.5 Å². The van der Waals surface area contributed by atoms with Crippen molar-refractivity contribution in [1.29, 1.82) is 0 Å². The van der Waals surface area contributed by atoms with E-state index < -0.39 is 29.6 Å². The van der Waals surface area contributed by atoms with Gasteiger partial charge in [0.1, 0.15) is 11.7 Å². The summed E-state index contributed by atoms with van der Waals surface area (Å²) in [7, 11) is 1.30. The fourth-order valence-corrected chi connectivity index (χ4v) is 4.57. The van der Waals surface area contributed by atoms with Gasteiger partial charge < -0.3 is 14.6 Å². The predicted octanol–water partition coefficient (Wildman–Crippen LogP) is 3.16. The molecule has 3 aromatic rings. The first-order chi connectivity index (χ1) is 15.3. The summed E-state index contributed by atoms with van der Waals surface area (Å²) in [4.78, 5) is 54.5. The van der Waals surface area contributed by atoms with Gasteiger partial charge in [0.25, 0.3) is 5.91 Å². The van der Waals surface area contributed by atoms with Gasteiger partial charge in [-0.2, -0.15) is 0 Å². The Morgan fingerprint density at radius 3 is 2.41 bits per heavy atom. The number of Topliss-reactive ketones (excluding diaryl/α,β-unsaturated/α-hetero) is 2. The number of likely N-dealkylation sites (tertiary alicyclic amines) is 1. The average Bonchev–Trinajstić information content (AvgIpc) is 3.24. The average molecular weight is 432 g/mol. The van der Waals surface area contributed by atoms with Gasteiger partial charge in [-0.3, -0.25) is 14.4 Å². The number of ether oxygens (including phenoxy) is 1. The minimum absolute atomic E-state index is 0.292. The number of aromatic nitrogens is 1. The van der Waals surface area contributed by atoms with Crippen molar-refractivity contribution in [1.82, 2.24) is 9.88 Å². The molecule has 2 atom stereocenters. The van der Waals surface area contributed by atoms with Crippen LogP contribution in [-0.2, 0) is 25.5 Å². The number of nitrogens with one attached hydrogen (secondary N) is 1. The van der Waals surface area contributed by atoms with Crippen molar-refractivity contribution in [2.75, 3.05) is 13.7 Å². The van der Waals surface area contributed by atoms with Crippen LogP contribution in [0.5, 0.6) is 0 Å². The normalized spacial score (nSPS) is 18.4. The second-order valence-corrected chi connectivity index (χ2v) is 8.03. The molecule has 1 aliphatic rings. The monoisotopic (exact) mass is 432 g/mol. The van der Waals surface area contributed by atoms with E-state index in [0.29, 0.717) is 24.1 Å². The summed E-state index contributed by atoms with van der Waals surface area (Å²) in [5.74, 6) is -3.23. The van der Waals surface area contributed by atoms with Gasteiger partial charge in [0.2, 0.25) is 5.78 Å². The molecule has 0 aliphatic carbocycles. The van der Waals surface area contributed by atoms with Crippen LogP contribution < -0.4 is 0 Å². The van der Waals surface area contributed by atoms with Crippen molar-refractivity contribution >= 4 is 34.3 Å². The van der Waals surface area contributed by atoms with Crippen molar-refractivity contribution in [3.8, 4) is 0 Å². The number of ketones is 2. The number of para-hydroxylation sites is 1. The van der Waals surface area contributed by atoms with Crippen molar-refractivity contribution < 1.29 is 23.9 Å². The number of hydrogen-bond donors (Lipinski definition) is 1. The minimum Gasteiger partial charge on any atom is -0.465 e. The van der Waals surface area contributed by atoms with Crippen molar-refractivity contribution in [3.05, 3.63) is 70.9 Å². The first-order valence-electron chi connectivity index (χ1n) is 10.4. The second kappa shape index (κ2) is 8.42. The highest BCUT2D eigenvalue weighted by molar-refractivity contribution is 6.42. The lowest BCUT2D eigenvalue weighted by Crippen LogP contribution is -2.32. The van der Waals surface area contributed by atoms with Crippen LogP contribution in [0.1, 0.15) is 40.1 Å². The Morgan fingerprint density at radius 1 is 1.06 bits per heavy atom. The summed E-state index contributed by atoms with van der Waals surface area (Å²) in [5, 5.41) is 1.07. The number of fused-ring (bicyclic) bond motifs is 1. The number of nitrogens with zero attached hydrogens (tertiary/aromatic N) is 1. The fourth-order valence-electron chi connectivity index (χ4n) is 4.57. The zero-order valence-corrected chi connectivity index (χ0v) is 18.2. The van der Waals surface area contributed by atoms with Gasteiger partial charge in [-0.15, -0.1) is 0 Å². The molecule has 1 saturated heterocycles. The summed E-state index contributed by atoms with van der Waals surface area (Å²) < 4.78 is 4.73. The largest absolute Gasteiger partial charge is 0.465 e.